The van der Waals surface area contributed by atoms with E-state index in [4.69, 9.17) is 14.2 Å². The number of aromatic nitrogens is 2. The molecule has 0 bridgehead atoms. The van der Waals surface area contributed by atoms with Gasteiger partial charge in [0.15, 0.2) is 17.2 Å². The van der Waals surface area contributed by atoms with E-state index in [0.717, 1.165) is 23.6 Å². The molecule has 2 atom stereocenters. The fourth-order valence-electron chi connectivity index (χ4n) is 3.19. The van der Waals surface area contributed by atoms with Crippen LogP contribution in [0.5, 0.6) is 17.2 Å². The molecule has 1 saturated heterocycles. The van der Waals surface area contributed by atoms with Crippen molar-refractivity contribution in [2.75, 3.05) is 19.9 Å². The van der Waals surface area contributed by atoms with Crippen LogP contribution < -0.4 is 14.2 Å². The van der Waals surface area contributed by atoms with Crippen LogP contribution in [-0.2, 0) is 13.1 Å². The molecule has 1 N–H and O–H groups in total. The molecule has 2 aliphatic heterocycles. The minimum atomic E-state index is -0.524. The Morgan fingerprint density at radius 3 is 3.08 bits per heavy atom. The number of aliphatic hydroxyl groups is 1. The zero-order valence-corrected chi connectivity index (χ0v) is 13.6. The molecule has 1 aromatic carbocycles. The largest absolute Gasteiger partial charge is 0.483 e. The first kappa shape index (κ1) is 15.3. The summed E-state index contributed by atoms with van der Waals surface area (Å²) in [4.78, 5) is 2.16. The third-order valence-electron chi connectivity index (χ3n) is 4.41. The summed E-state index contributed by atoms with van der Waals surface area (Å²) in [6.07, 6.45) is 2.76. The Balaban J connectivity index is 1.41. The molecular weight excluding hydrogens is 310 g/mol. The van der Waals surface area contributed by atoms with Gasteiger partial charge in [-0.05, 0) is 13.0 Å². The first-order valence-corrected chi connectivity index (χ1v) is 8.20. The summed E-state index contributed by atoms with van der Waals surface area (Å²) in [6.45, 7) is 5.00. The van der Waals surface area contributed by atoms with Gasteiger partial charge in [-0.3, -0.25) is 9.58 Å². The predicted molar refractivity (Wildman–Crippen MR) is 86.2 cm³/mol. The number of hydrogen-bond donors (Lipinski definition) is 1. The van der Waals surface area contributed by atoms with Crippen molar-refractivity contribution < 1.29 is 19.3 Å². The number of nitrogens with zero attached hydrogens (tertiary/aromatic N) is 3. The van der Waals surface area contributed by atoms with Crippen LogP contribution in [0.4, 0.5) is 0 Å². The van der Waals surface area contributed by atoms with Crippen LogP contribution in [0.1, 0.15) is 12.5 Å². The fourth-order valence-corrected chi connectivity index (χ4v) is 3.19. The molecule has 24 heavy (non-hydrogen) atoms. The molecule has 0 unspecified atom stereocenters. The number of β-amino-alcohol motifs (C(OH)–C–C–N with tert-alkyl or cyclic N) is 1. The minimum absolute atomic E-state index is 0.256. The van der Waals surface area contributed by atoms with Gasteiger partial charge in [0.25, 0.3) is 0 Å². The van der Waals surface area contributed by atoms with E-state index < -0.39 is 6.10 Å². The summed E-state index contributed by atoms with van der Waals surface area (Å²) in [5.74, 6) is 2.28. The highest BCUT2D eigenvalue weighted by Gasteiger charge is 2.34. The molecule has 0 amide bonds. The van der Waals surface area contributed by atoms with E-state index >= 15 is 0 Å². The number of para-hydroxylation sites is 1. The molecule has 2 aliphatic rings. The maximum atomic E-state index is 10.3. The number of rotatable bonds is 5. The number of hydrogen-bond acceptors (Lipinski definition) is 6. The number of benzene rings is 1. The molecule has 7 heteroatoms. The molecule has 1 fully saturated rings. The van der Waals surface area contributed by atoms with Crippen molar-refractivity contribution >= 4 is 0 Å². The van der Waals surface area contributed by atoms with Crippen LogP contribution >= 0.6 is 0 Å². The molecular formula is C17H21N3O4. The molecule has 0 radical (unpaired) electrons. The standard InChI is InChI=1S/C17H21N3O4/c1-2-20-8-13(6-18-20)24-16-10-19(9-14(16)21)7-12-4-3-5-15-17(12)23-11-22-15/h3-6,8,14,16,21H,2,7,9-11H2,1H3/t14-,16-/m1/s1. The van der Waals surface area contributed by atoms with Crippen molar-refractivity contribution in [3.8, 4) is 17.2 Å². The fraction of sp³-hybridized carbons (Fsp3) is 0.471. The highest BCUT2D eigenvalue weighted by atomic mass is 16.7. The van der Waals surface area contributed by atoms with Gasteiger partial charge in [0.2, 0.25) is 6.79 Å². The average Bonchev–Trinajstić information content (AvgIpc) is 3.29. The second kappa shape index (κ2) is 6.33. The quantitative estimate of drug-likeness (QED) is 0.889. The highest BCUT2D eigenvalue weighted by molar-refractivity contribution is 5.48. The summed E-state index contributed by atoms with van der Waals surface area (Å²) in [5.41, 5.74) is 1.07. The van der Waals surface area contributed by atoms with Crippen LogP contribution in [0.15, 0.2) is 30.6 Å². The van der Waals surface area contributed by atoms with Gasteiger partial charge in [0.1, 0.15) is 12.2 Å². The van der Waals surface area contributed by atoms with Gasteiger partial charge in [-0.1, -0.05) is 12.1 Å². The molecule has 4 rings (SSSR count). The third-order valence-corrected chi connectivity index (χ3v) is 4.41. The minimum Gasteiger partial charge on any atom is -0.483 e. The molecule has 0 saturated carbocycles. The summed E-state index contributed by atoms with van der Waals surface area (Å²) in [5, 5.41) is 14.5. The first-order valence-electron chi connectivity index (χ1n) is 8.20. The third kappa shape index (κ3) is 2.92. The van der Waals surface area contributed by atoms with Crippen LogP contribution in [0.2, 0.25) is 0 Å². The van der Waals surface area contributed by atoms with Gasteiger partial charge < -0.3 is 19.3 Å². The van der Waals surface area contributed by atoms with Gasteiger partial charge in [0, 0.05) is 31.7 Å². The van der Waals surface area contributed by atoms with Gasteiger partial charge >= 0.3 is 0 Å². The van der Waals surface area contributed by atoms with E-state index in [1.165, 1.54) is 0 Å². The Labute approximate surface area is 140 Å². The molecule has 3 heterocycles. The van der Waals surface area contributed by atoms with Gasteiger partial charge in [-0.15, -0.1) is 0 Å². The average molecular weight is 331 g/mol. The number of likely N-dealkylation sites (tertiary alicyclic amines) is 1. The van der Waals surface area contributed by atoms with E-state index in [-0.39, 0.29) is 12.9 Å². The SMILES string of the molecule is CCn1cc(O[C@@H]2CN(Cc3cccc4c3OCO4)C[C@H]2O)cn1. The van der Waals surface area contributed by atoms with Crippen molar-refractivity contribution in [1.82, 2.24) is 14.7 Å². The smallest absolute Gasteiger partial charge is 0.231 e. The summed E-state index contributed by atoms with van der Waals surface area (Å²) in [6, 6.07) is 5.89. The lowest BCUT2D eigenvalue weighted by Crippen LogP contribution is -2.29. The van der Waals surface area contributed by atoms with E-state index in [0.29, 0.717) is 25.4 Å². The topological polar surface area (TPSA) is 69.0 Å². The predicted octanol–water partition coefficient (Wildman–Crippen LogP) is 1.26. The lowest BCUT2D eigenvalue weighted by Gasteiger charge is -2.17. The van der Waals surface area contributed by atoms with Crippen LogP contribution in [0, 0.1) is 0 Å². The molecule has 7 nitrogen and oxygen atoms in total. The lowest BCUT2D eigenvalue weighted by molar-refractivity contribution is 0.0736. The Kier molecular flexibility index (Phi) is 4.03. The molecule has 128 valence electrons. The first-order chi connectivity index (χ1) is 11.7. The molecule has 0 aliphatic carbocycles. The van der Waals surface area contributed by atoms with Crippen molar-refractivity contribution in [2.24, 2.45) is 0 Å². The van der Waals surface area contributed by atoms with Gasteiger partial charge in [-0.2, -0.15) is 5.10 Å². The van der Waals surface area contributed by atoms with E-state index in [2.05, 4.69) is 10.00 Å². The maximum absolute atomic E-state index is 10.3. The van der Waals surface area contributed by atoms with Crippen LogP contribution in [0.3, 0.4) is 0 Å². The Bertz CT molecular complexity index is 718. The molecule has 2 aromatic rings. The summed E-state index contributed by atoms with van der Waals surface area (Å²) in [7, 11) is 0. The Morgan fingerprint density at radius 1 is 1.33 bits per heavy atom. The van der Waals surface area contributed by atoms with Crippen LogP contribution in [-0.4, -0.2) is 51.9 Å². The van der Waals surface area contributed by atoms with Crippen molar-refractivity contribution in [3.63, 3.8) is 0 Å². The van der Waals surface area contributed by atoms with E-state index in [1.807, 2.05) is 31.3 Å². The van der Waals surface area contributed by atoms with Crippen molar-refractivity contribution in [2.45, 2.75) is 32.2 Å². The number of aliphatic hydroxyl groups excluding tert-OH is 1. The van der Waals surface area contributed by atoms with Crippen molar-refractivity contribution in [3.05, 3.63) is 36.2 Å². The zero-order valence-electron chi connectivity index (χ0n) is 13.6. The van der Waals surface area contributed by atoms with Crippen LogP contribution in [0.25, 0.3) is 0 Å². The summed E-state index contributed by atoms with van der Waals surface area (Å²) >= 11 is 0. The zero-order chi connectivity index (χ0) is 16.5. The van der Waals surface area contributed by atoms with E-state index in [9.17, 15) is 5.11 Å². The monoisotopic (exact) mass is 331 g/mol. The molecule has 1 aromatic heterocycles. The number of fused-ring (bicyclic) bond motifs is 1. The maximum Gasteiger partial charge on any atom is 0.231 e. The highest BCUT2D eigenvalue weighted by Crippen LogP contribution is 2.36. The Hall–Kier alpha value is -2.25. The second-order valence-corrected chi connectivity index (χ2v) is 6.10. The summed E-state index contributed by atoms with van der Waals surface area (Å²) < 4.78 is 18.7. The van der Waals surface area contributed by atoms with E-state index in [1.54, 1.807) is 10.9 Å². The number of ether oxygens (including phenoxy) is 3. The molecule has 0 spiro atoms. The van der Waals surface area contributed by atoms with Crippen molar-refractivity contribution in [1.29, 1.82) is 0 Å². The Morgan fingerprint density at radius 2 is 2.25 bits per heavy atom. The normalized spacial score (nSPS) is 22.9. The van der Waals surface area contributed by atoms with Gasteiger partial charge in [0.05, 0.1) is 12.4 Å². The van der Waals surface area contributed by atoms with Gasteiger partial charge in [-0.25, -0.2) is 0 Å². The number of aryl methyl sites for hydroxylation is 1. The lowest BCUT2D eigenvalue weighted by atomic mass is 10.2. The second-order valence-electron chi connectivity index (χ2n) is 6.10.